The molecule has 0 aliphatic carbocycles. The fraction of sp³-hybridized carbons (Fsp3) is 0.550. The Morgan fingerprint density at radius 2 is 2.08 bits per heavy atom. The van der Waals surface area contributed by atoms with Crippen molar-refractivity contribution in [3.63, 3.8) is 0 Å². The molecule has 1 aromatic carbocycles. The van der Waals surface area contributed by atoms with Crippen LogP contribution in [-0.2, 0) is 11.2 Å². The van der Waals surface area contributed by atoms with Crippen LogP contribution in [0.3, 0.4) is 0 Å². The number of H-pyrrole nitrogens is 1. The summed E-state index contributed by atoms with van der Waals surface area (Å²) >= 11 is 0. The van der Waals surface area contributed by atoms with Crippen LogP contribution in [0.5, 0.6) is 5.75 Å². The van der Waals surface area contributed by atoms with Gasteiger partial charge in [-0.3, -0.25) is 4.79 Å². The number of fused-ring (bicyclic) bond motifs is 1. The summed E-state index contributed by atoms with van der Waals surface area (Å²) in [5.41, 5.74) is 7.98. The van der Waals surface area contributed by atoms with Crippen molar-refractivity contribution in [1.82, 2.24) is 9.88 Å². The second-order valence-electron chi connectivity index (χ2n) is 7.46. The molecule has 0 radical (unpaired) electrons. The van der Waals surface area contributed by atoms with Crippen molar-refractivity contribution in [3.05, 3.63) is 30.0 Å². The van der Waals surface area contributed by atoms with Crippen LogP contribution in [0, 0.1) is 11.8 Å². The third-order valence-electron chi connectivity index (χ3n) is 4.39. The smallest absolute Gasteiger partial charge is 0.311 e. The molecular formula is C20H31N3O2. The number of hydrogen-bond acceptors (Lipinski definition) is 4. The lowest BCUT2D eigenvalue weighted by atomic mass is 9.94. The highest BCUT2D eigenvalue weighted by molar-refractivity contribution is 5.91. The number of ether oxygens (including phenoxy) is 1. The van der Waals surface area contributed by atoms with E-state index in [1.54, 1.807) is 0 Å². The van der Waals surface area contributed by atoms with Crippen molar-refractivity contribution in [2.75, 3.05) is 27.2 Å². The number of aromatic amines is 1. The van der Waals surface area contributed by atoms with Crippen molar-refractivity contribution in [1.29, 1.82) is 0 Å². The molecule has 0 bridgehead atoms. The number of rotatable bonds is 9. The molecule has 5 nitrogen and oxygen atoms in total. The zero-order chi connectivity index (χ0) is 18.4. The van der Waals surface area contributed by atoms with Crippen LogP contribution in [0.4, 0.5) is 0 Å². The lowest BCUT2D eigenvalue weighted by molar-refractivity contribution is -0.135. The minimum Gasteiger partial charge on any atom is -0.426 e. The number of nitrogens with one attached hydrogen (secondary N) is 1. The van der Waals surface area contributed by atoms with E-state index in [1.165, 1.54) is 5.56 Å². The Bertz CT molecular complexity index is 691. The average molecular weight is 345 g/mol. The van der Waals surface area contributed by atoms with Crippen molar-refractivity contribution in [3.8, 4) is 5.75 Å². The van der Waals surface area contributed by atoms with E-state index < -0.39 is 0 Å². The maximum atomic E-state index is 12.4. The molecule has 3 N–H and O–H groups in total. The summed E-state index contributed by atoms with van der Waals surface area (Å²) < 4.78 is 5.72. The molecule has 0 amide bonds. The predicted molar refractivity (Wildman–Crippen MR) is 103 cm³/mol. The van der Waals surface area contributed by atoms with Crippen LogP contribution in [0.25, 0.3) is 10.9 Å². The van der Waals surface area contributed by atoms with Crippen LogP contribution in [-0.4, -0.2) is 43.0 Å². The second-order valence-corrected chi connectivity index (χ2v) is 7.46. The summed E-state index contributed by atoms with van der Waals surface area (Å²) in [6, 6.07) is 5.78. The zero-order valence-corrected chi connectivity index (χ0v) is 15.8. The van der Waals surface area contributed by atoms with Gasteiger partial charge in [0, 0.05) is 30.1 Å². The van der Waals surface area contributed by atoms with E-state index in [-0.39, 0.29) is 11.9 Å². The summed E-state index contributed by atoms with van der Waals surface area (Å²) in [5, 5.41) is 1.01. The standard InChI is InChI=1S/C20H31N3O2/c1-14(2)10-15(12-21)11-19(24)25-18-7-5-6-17-20(18)16(13-22-17)8-9-23(3)4/h5-7,13-15,22H,8-12,21H2,1-4H3/t15-/m0/s1. The second kappa shape index (κ2) is 9.02. The van der Waals surface area contributed by atoms with E-state index in [4.69, 9.17) is 10.5 Å². The van der Waals surface area contributed by atoms with Gasteiger partial charge in [-0.05, 0) is 63.0 Å². The molecule has 0 spiro atoms. The van der Waals surface area contributed by atoms with Gasteiger partial charge >= 0.3 is 5.97 Å². The van der Waals surface area contributed by atoms with Crippen LogP contribution in [0.15, 0.2) is 24.4 Å². The van der Waals surface area contributed by atoms with Gasteiger partial charge in [-0.2, -0.15) is 0 Å². The number of nitrogens with zero attached hydrogens (tertiary/aromatic N) is 1. The first-order valence-corrected chi connectivity index (χ1v) is 9.05. The average Bonchev–Trinajstić information content (AvgIpc) is 2.96. The Hall–Kier alpha value is -1.85. The van der Waals surface area contributed by atoms with Crippen LogP contribution in [0.1, 0.15) is 32.3 Å². The molecule has 1 aromatic heterocycles. The highest BCUT2D eigenvalue weighted by Crippen LogP contribution is 2.30. The Balaban J connectivity index is 2.14. The Morgan fingerprint density at radius 1 is 1.32 bits per heavy atom. The molecule has 0 saturated heterocycles. The number of nitrogens with two attached hydrogens (primary N) is 1. The number of carbonyl (C=O) groups is 1. The van der Waals surface area contributed by atoms with Gasteiger partial charge < -0.3 is 20.4 Å². The van der Waals surface area contributed by atoms with Crippen molar-refractivity contribution in [2.24, 2.45) is 17.6 Å². The lowest BCUT2D eigenvalue weighted by Crippen LogP contribution is -2.22. The maximum Gasteiger partial charge on any atom is 0.311 e. The minimum atomic E-state index is -0.205. The van der Waals surface area contributed by atoms with Crippen LogP contribution >= 0.6 is 0 Å². The third kappa shape index (κ3) is 5.58. The molecule has 0 saturated carbocycles. The lowest BCUT2D eigenvalue weighted by Gasteiger charge is -2.16. The van der Waals surface area contributed by atoms with Gasteiger partial charge in [-0.25, -0.2) is 0 Å². The molecule has 2 rings (SSSR count). The summed E-state index contributed by atoms with van der Waals surface area (Å²) in [6.45, 7) is 5.74. The molecule has 5 heteroatoms. The molecule has 2 aromatic rings. The Kier molecular flexibility index (Phi) is 7.02. The van der Waals surface area contributed by atoms with E-state index in [2.05, 4.69) is 37.8 Å². The Labute approximate surface area is 150 Å². The number of benzene rings is 1. The molecule has 25 heavy (non-hydrogen) atoms. The minimum absolute atomic E-state index is 0.172. The van der Waals surface area contributed by atoms with Crippen molar-refractivity contribution in [2.45, 2.75) is 33.1 Å². The Morgan fingerprint density at radius 3 is 2.72 bits per heavy atom. The molecule has 0 aliphatic rings. The summed E-state index contributed by atoms with van der Waals surface area (Å²) in [4.78, 5) is 17.8. The molecular weight excluding hydrogens is 314 g/mol. The number of aromatic nitrogens is 1. The number of likely N-dealkylation sites (N-methyl/N-ethyl adjacent to an activating group) is 1. The maximum absolute atomic E-state index is 12.4. The van der Waals surface area contributed by atoms with E-state index >= 15 is 0 Å². The fourth-order valence-electron chi connectivity index (χ4n) is 3.18. The largest absolute Gasteiger partial charge is 0.426 e. The molecule has 1 heterocycles. The van der Waals surface area contributed by atoms with Crippen LogP contribution < -0.4 is 10.5 Å². The van der Waals surface area contributed by atoms with E-state index in [9.17, 15) is 4.79 Å². The van der Waals surface area contributed by atoms with Gasteiger partial charge in [0.1, 0.15) is 5.75 Å². The number of carbonyl (C=O) groups excluding carboxylic acids is 1. The third-order valence-corrected chi connectivity index (χ3v) is 4.39. The van der Waals surface area contributed by atoms with Crippen molar-refractivity contribution < 1.29 is 9.53 Å². The highest BCUT2D eigenvalue weighted by atomic mass is 16.5. The quantitative estimate of drug-likeness (QED) is 0.541. The first-order chi connectivity index (χ1) is 11.9. The predicted octanol–water partition coefficient (Wildman–Crippen LogP) is 3.19. The van der Waals surface area contributed by atoms with E-state index in [0.29, 0.717) is 24.6 Å². The molecule has 0 unspecified atom stereocenters. The van der Waals surface area contributed by atoms with Gasteiger partial charge in [0.15, 0.2) is 0 Å². The normalized spacial score (nSPS) is 12.9. The summed E-state index contributed by atoms with van der Waals surface area (Å²) in [7, 11) is 4.11. The summed E-state index contributed by atoms with van der Waals surface area (Å²) in [5.74, 6) is 1.12. The van der Waals surface area contributed by atoms with Crippen LogP contribution in [0.2, 0.25) is 0 Å². The topological polar surface area (TPSA) is 71.4 Å². The van der Waals surface area contributed by atoms with E-state index in [0.717, 1.165) is 30.3 Å². The van der Waals surface area contributed by atoms with Gasteiger partial charge in [-0.1, -0.05) is 19.9 Å². The molecule has 1 atom stereocenters. The highest BCUT2D eigenvalue weighted by Gasteiger charge is 2.18. The first-order valence-electron chi connectivity index (χ1n) is 9.05. The van der Waals surface area contributed by atoms with Crippen molar-refractivity contribution >= 4 is 16.9 Å². The number of hydrogen-bond donors (Lipinski definition) is 2. The monoisotopic (exact) mass is 345 g/mol. The van der Waals surface area contributed by atoms with Gasteiger partial charge in [0.2, 0.25) is 0 Å². The number of esters is 1. The van der Waals surface area contributed by atoms with Gasteiger partial charge in [0.25, 0.3) is 0 Å². The SMILES string of the molecule is CC(C)C[C@H](CN)CC(=O)Oc1cccc2[nH]cc(CCN(C)C)c12. The first kappa shape index (κ1) is 19.5. The zero-order valence-electron chi connectivity index (χ0n) is 15.8. The molecule has 0 aliphatic heterocycles. The van der Waals surface area contributed by atoms with Gasteiger partial charge in [0.05, 0.1) is 0 Å². The summed E-state index contributed by atoms with van der Waals surface area (Å²) in [6.07, 6.45) is 4.21. The fourth-order valence-corrected chi connectivity index (χ4v) is 3.18. The van der Waals surface area contributed by atoms with Gasteiger partial charge in [-0.15, -0.1) is 0 Å². The van der Waals surface area contributed by atoms with E-state index in [1.807, 2.05) is 24.4 Å². The molecule has 0 fully saturated rings. The molecule has 138 valence electrons.